The van der Waals surface area contributed by atoms with Crippen LogP contribution in [0.3, 0.4) is 0 Å². The predicted molar refractivity (Wildman–Crippen MR) is 47.5 cm³/mol. The fraction of sp³-hybridized carbons (Fsp3) is 0.875. The van der Waals surface area contributed by atoms with Crippen molar-refractivity contribution in [3.63, 3.8) is 0 Å². The molecule has 0 aliphatic heterocycles. The Morgan fingerprint density at radius 2 is 1.75 bits per heavy atom. The zero-order valence-electron chi connectivity index (χ0n) is 8.39. The predicted octanol–water partition coefficient (Wildman–Crippen LogP) is 0.222. The first-order valence-electron chi connectivity index (χ1n) is 3.90. The second-order valence-electron chi connectivity index (χ2n) is 3.95. The Balaban J connectivity index is 4.23. The molecule has 0 saturated heterocycles. The molecule has 0 aromatic carbocycles. The van der Waals surface area contributed by atoms with Gasteiger partial charge >= 0.3 is 5.97 Å². The first-order chi connectivity index (χ1) is 5.19. The molecule has 72 valence electrons. The summed E-state index contributed by atoms with van der Waals surface area (Å²) in [6.07, 6.45) is 0. The third kappa shape index (κ3) is 3.69. The van der Waals surface area contributed by atoms with E-state index >= 15 is 0 Å². The SMILES string of the molecule is CNC(C)(N)C(=O)OC(C)(C)C. The zero-order chi connectivity index (χ0) is 9.99. The minimum Gasteiger partial charge on any atom is -0.458 e. The van der Waals surface area contributed by atoms with Gasteiger partial charge in [-0.2, -0.15) is 0 Å². The van der Waals surface area contributed by atoms with Crippen molar-refractivity contribution in [1.82, 2.24) is 5.32 Å². The molecule has 0 saturated carbocycles. The quantitative estimate of drug-likeness (QED) is 0.464. The molecule has 3 N–H and O–H groups in total. The molecule has 0 aliphatic carbocycles. The molecule has 4 nitrogen and oxygen atoms in total. The van der Waals surface area contributed by atoms with E-state index in [1.165, 1.54) is 0 Å². The highest BCUT2D eigenvalue weighted by atomic mass is 16.6. The van der Waals surface area contributed by atoms with E-state index in [1.807, 2.05) is 0 Å². The maximum atomic E-state index is 11.3. The van der Waals surface area contributed by atoms with Gasteiger partial charge in [0.05, 0.1) is 0 Å². The van der Waals surface area contributed by atoms with Crippen LogP contribution in [0.1, 0.15) is 27.7 Å². The third-order valence-corrected chi connectivity index (χ3v) is 1.34. The summed E-state index contributed by atoms with van der Waals surface area (Å²) in [7, 11) is 1.62. The molecule has 0 rings (SSSR count). The van der Waals surface area contributed by atoms with Crippen LogP contribution in [0, 0.1) is 0 Å². The van der Waals surface area contributed by atoms with Crippen LogP contribution in [0.25, 0.3) is 0 Å². The smallest absolute Gasteiger partial charge is 0.341 e. The van der Waals surface area contributed by atoms with E-state index < -0.39 is 17.2 Å². The van der Waals surface area contributed by atoms with Gasteiger partial charge in [-0.15, -0.1) is 0 Å². The highest BCUT2D eigenvalue weighted by molar-refractivity contribution is 5.79. The van der Waals surface area contributed by atoms with Crippen LogP contribution in [0.15, 0.2) is 0 Å². The van der Waals surface area contributed by atoms with Crippen molar-refractivity contribution in [3.05, 3.63) is 0 Å². The Morgan fingerprint density at radius 3 is 2.00 bits per heavy atom. The van der Waals surface area contributed by atoms with Crippen molar-refractivity contribution in [3.8, 4) is 0 Å². The molecule has 0 radical (unpaired) electrons. The van der Waals surface area contributed by atoms with Crippen molar-refractivity contribution >= 4 is 5.97 Å². The Kier molecular flexibility index (Phi) is 3.24. The van der Waals surface area contributed by atoms with Gasteiger partial charge in [-0.1, -0.05) is 0 Å². The van der Waals surface area contributed by atoms with Crippen LogP contribution in [0.2, 0.25) is 0 Å². The number of carbonyl (C=O) groups excluding carboxylic acids is 1. The number of carbonyl (C=O) groups is 1. The van der Waals surface area contributed by atoms with Gasteiger partial charge in [-0.05, 0) is 34.7 Å². The number of nitrogens with two attached hydrogens (primary N) is 1. The number of likely N-dealkylation sites (N-methyl/N-ethyl adjacent to an activating group) is 1. The molecular formula is C8H18N2O2. The van der Waals surface area contributed by atoms with Crippen LogP contribution in [0.4, 0.5) is 0 Å². The summed E-state index contributed by atoms with van der Waals surface area (Å²) in [5, 5.41) is 2.67. The molecule has 0 spiro atoms. The van der Waals surface area contributed by atoms with Crippen LogP contribution < -0.4 is 11.1 Å². The number of hydrogen-bond donors (Lipinski definition) is 2. The van der Waals surface area contributed by atoms with Crippen LogP contribution in [-0.2, 0) is 9.53 Å². The molecule has 0 aliphatic rings. The Hall–Kier alpha value is -0.610. The zero-order valence-corrected chi connectivity index (χ0v) is 8.39. The van der Waals surface area contributed by atoms with E-state index in [2.05, 4.69) is 5.32 Å². The molecule has 0 heterocycles. The number of nitrogens with one attached hydrogen (secondary N) is 1. The summed E-state index contributed by atoms with van der Waals surface area (Å²) in [6, 6.07) is 0. The average Bonchev–Trinajstić information content (AvgIpc) is 1.84. The highest BCUT2D eigenvalue weighted by Crippen LogP contribution is 2.10. The molecule has 0 fully saturated rings. The number of hydrogen-bond acceptors (Lipinski definition) is 4. The number of ether oxygens (including phenoxy) is 1. The Bertz CT molecular complexity index is 170. The summed E-state index contributed by atoms with van der Waals surface area (Å²) < 4.78 is 5.07. The van der Waals surface area contributed by atoms with Gasteiger partial charge in [0.15, 0.2) is 5.66 Å². The normalized spacial score (nSPS) is 16.8. The summed E-state index contributed by atoms with van der Waals surface area (Å²) in [5.41, 5.74) is 3.99. The minimum atomic E-state index is -1.10. The van der Waals surface area contributed by atoms with E-state index in [0.29, 0.717) is 0 Å². The molecule has 0 aromatic rings. The monoisotopic (exact) mass is 174 g/mol. The number of rotatable bonds is 2. The van der Waals surface area contributed by atoms with Gasteiger partial charge in [0.1, 0.15) is 5.60 Å². The van der Waals surface area contributed by atoms with E-state index in [0.717, 1.165) is 0 Å². The largest absolute Gasteiger partial charge is 0.458 e. The summed E-state index contributed by atoms with van der Waals surface area (Å²) in [4.78, 5) is 11.3. The van der Waals surface area contributed by atoms with Crippen molar-refractivity contribution in [2.45, 2.75) is 39.0 Å². The standard InChI is InChI=1S/C8H18N2O2/c1-7(2,3)12-6(11)8(4,9)10-5/h10H,9H2,1-5H3. The van der Waals surface area contributed by atoms with Gasteiger partial charge in [-0.3, -0.25) is 5.32 Å². The summed E-state index contributed by atoms with van der Waals surface area (Å²) in [5.74, 6) is -0.447. The third-order valence-electron chi connectivity index (χ3n) is 1.34. The van der Waals surface area contributed by atoms with Crippen molar-refractivity contribution in [1.29, 1.82) is 0 Å². The molecular weight excluding hydrogens is 156 g/mol. The van der Waals surface area contributed by atoms with Gasteiger partial charge in [0.2, 0.25) is 0 Å². The maximum absolute atomic E-state index is 11.3. The lowest BCUT2D eigenvalue weighted by atomic mass is 10.1. The molecule has 0 bridgehead atoms. The summed E-state index contributed by atoms with van der Waals surface area (Å²) >= 11 is 0. The molecule has 1 unspecified atom stereocenters. The van der Waals surface area contributed by atoms with E-state index in [-0.39, 0.29) is 0 Å². The average molecular weight is 174 g/mol. The second kappa shape index (κ2) is 3.41. The first kappa shape index (κ1) is 11.4. The van der Waals surface area contributed by atoms with Crippen molar-refractivity contribution in [2.75, 3.05) is 7.05 Å². The van der Waals surface area contributed by atoms with Crippen molar-refractivity contribution < 1.29 is 9.53 Å². The topological polar surface area (TPSA) is 64.3 Å². The van der Waals surface area contributed by atoms with Gasteiger partial charge in [0, 0.05) is 0 Å². The van der Waals surface area contributed by atoms with Gasteiger partial charge in [-0.25, -0.2) is 4.79 Å². The van der Waals surface area contributed by atoms with E-state index in [4.69, 9.17) is 10.5 Å². The number of esters is 1. The lowest BCUT2D eigenvalue weighted by Crippen LogP contribution is -2.57. The van der Waals surface area contributed by atoms with Crippen LogP contribution in [0.5, 0.6) is 0 Å². The molecule has 0 aromatic heterocycles. The molecule has 12 heavy (non-hydrogen) atoms. The molecule has 1 atom stereocenters. The fourth-order valence-corrected chi connectivity index (χ4v) is 0.486. The molecule has 0 amide bonds. The molecule has 4 heteroatoms. The lowest BCUT2D eigenvalue weighted by molar-refractivity contribution is -0.162. The van der Waals surface area contributed by atoms with E-state index in [9.17, 15) is 4.79 Å². The summed E-state index contributed by atoms with van der Waals surface area (Å²) in [6.45, 7) is 6.98. The van der Waals surface area contributed by atoms with Crippen molar-refractivity contribution in [2.24, 2.45) is 5.73 Å². The maximum Gasteiger partial charge on any atom is 0.341 e. The minimum absolute atomic E-state index is 0.447. The van der Waals surface area contributed by atoms with Gasteiger partial charge in [0.25, 0.3) is 0 Å². The van der Waals surface area contributed by atoms with Gasteiger partial charge < -0.3 is 10.5 Å². The second-order valence-corrected chi connectivity index (χ2v) is 3.95. The van der Waals surface area contributed by atoms with Crippen LogP contribution >= 0.6 is 0 Å². The van der Waals surface area contributed by atoms with E-state index in [1.54, 1.807) is 34.7 Å². The first-order valence-corrected chi connectivity index (χ1v) is 3.90. The Morgan fingerprint density at radius 1 is 1.33 bits per heavy atom. The lowest BCUT2D eigenvalue weighted by Gasteiger charge is -2.27. The fourth-order valence-electron chi connectivity index (χ4n) is 0.486. The highest BCUT2D eigenvalue weighted by Gasteiger charge is 2.31. The Labute approximate surface area is 73.5 Å². The van der Waals surface area contributed by atoms with Crippen LogP contribution in [-0.4, -0.2) is 24.3 Å².